The van der Waals surface area contributed by atoms with Gasteiger partial charge in [0.05, 0.1) is 6.10 Å². The van der Waals surface area contributed by atoms with Gasteiger partial charge in [-0.05, 0) is 40.0 Å². The number of carbonyl (C=O) groups is 1. The Bertz CT molecular complexity index is 341. The Morgan fingerprint density at radius 1 is 1.25 bits per heavy atom. The van der Waals surface area contributed by atoms with E-state index < -0.39 is 0 Å². The number of alkyl carbamates (subject to hydrolysis) is 1. The van der Waals surface area contributed by atoms with Crippen LogP contribution in [0.1, 0.15) is 52.9 Å². The van der Waals surface area contributed by atoms with Crippen LogP contribution in [-0.2, 0) is 4.74 Å². The van der Waals surface area contributed by atoms with Gasteiger partial charge in [-0.3, -0.25) is 4.90 Å². The number of hydrogen-bond donors (Lipinski definition) is 2. The molecule has 0 unspecified atom stereocenters. The quantitative estimate of drug-likeness (QED) is 0.813. The summed E-state index contributed by atoms with van der Waals surface area (Å²) in [4.78, 5) is 14.1. The molecule has 0 aromatic heterocycles. The first kappa shape index (κ1) is 15.6. The fraction of sp³-hybridized carbons (Fsp3) is 0.933. The highest BCUT2D eigenvalue weighted by Gasteiger charge is 2.35. The van der Waals surface area contributed by atoms with Crippen molar-refractivity contribution in [1.29, 1.82) is 0 Å². The lowest BCUT2D eigenvalue weighted by atomic mass is 9.91. The maximum Gasteiger partial charge on any atom is 0.407 e. The van der Waals surface area contributed by atoms with E-state index in [0.29, 0.717) is 0 Å². The van der Waals surface area contributed by atoms with Gasteiger partial charge in [-0.25, -0.2) is 4.79 Å². The predicted molar refractivity (Wildman–Crippen MR) is 77.6 cm³/mol. The Morgan fingerprint density at radius 3 is 2.60 bits per heavy atom. The van der Waals surface area contributed by atoms with Crippen molar-refractivity contribution < 1.29 is 14.6 Å². The molecule has 0 radical (unpaired) electrons. The molecule has 0 bridgehead atoms. The van der Waals surface area contributed by atoms with E-state index in [1.807, 2.05) is 20.8 Å². The summed E-state index contributed by atoms with van der Waals surface area (Å²) in [5.74, 6) is 0. The number of hydrogen-bond acceptors (Lipinski definition) is 4. The van der Waals surface area contributed by atoms with Gasteiger partial charge < -0.3 is 15.2 Å². The molecular weight excluding hydrogens is 256 g/mol. The number of carbonyl (C=O) groups excluding carboxylic acids is 1. The van der Waals surface area contributed by atoms with Crippen molar-refractivity contribution in [3.63, 3.8) is 0 Å². The van der Waals surface area contributed by atoms with Crippen LogP contribution in [0, 0.1) is 0 Å². The summed E-state index contributed by atoms with van der Waals surface area (Å²) in [5.41, 5.74) is -0.269. The molecule has 1 heterocycles. The second-order valence-corrected chi connectivity index (χ2v) is 7.11. The molecule has 0 aromatic carbocycles. The van der Waals surface area contributed by atoms with Crippen molar-refractivity contribution in [2.24, 2.45) is 0 Å². The molecule has 1 amide bonds. The molecule has 1 saturated carbocycles. The summed E-state index contributed by atoms with van der Waals surface area (Å²) < 4.78 is 5.47. The Balaban J connectivity index is 1.79. The third kappa shape index (κ3) is 4.35. The van der Waals surface area contributed by atoms with Crippen LogP contribution < -0.4 is 5.32 Å². The maximum absolute atomic E-state index is 11.8. The van der Waals surface area contributed by atoms with E-state index in [2.05, 4.69) is 10.2 Å². The van der Waals surface area contributed by atoms with Gasteiger partial charge in [0.25, 0.3) is 0 Å². The summed E-state index contributed by atoms with van der Waals surface area (Å²) >= 11 is 0. The molecule has 5 nitrogen and oxygen atoms in total. The number of nitrogens with zero attached hydrogens (tertiary/aromatic N) is 1. The highest BCUT2D eigenvalue weighted by molar-refractivity contribution is 5.68. The smallest absolute Gasteiger partial charge is 0.407 e. The second kappa shape index (κ2) is 6.31. The van der Waals surface area contributed by atoms with Gasteiger partial charge in [0, 0.05) is 24.7 Å². The van der Waals surface area contributed by atoms with Gasteiger partial charge in [0.15, 0.2) is 0 Å². The minimum atomic E-state index is -0.339. The van der Waals surface area contributed by atoms with Gasteiger partial charge >= 0.3 is 6.09 Å². The van der Waals surface area contributed by atoms with Gasteiger partial charge in [0.2, 0.25) is 0 Å². The highest BCUT2D eigenvalue weighted by Crippen LogP contribution is 2.27. The van der Waals surface area contributed by atoms with Crippen LogP contribution in [0.2, 0.25) is 0 Å². The van der Waals surface area contributed by atoms with Crippen LogP contribution in [0.5, 0.6) is 0 Å². The number of nitrogens with one attached hydrogen (secondary N) is 1. The van der Waals surface area contributed by atoms with E-state index in [-0.39, 0.29) is 29.9 Å². The molecule has 2 aliphatic rings. The topological polar surface area (TPSA) is 61.8 Å². The van der Waals surface area contributed by atoms with Gasteiger partial charge in [-0.15, -0.1) is 0 Å². The molecule has 0 spiro atoms. The molecule has 1 aliphatic heterocycles. The second-order valence-electron chi connectivity index (χ2n) is 7.11. The van der Waals surface area contributed by atoms with Gasteiger partial charge in [-0.2, -0.15) is 0 Å². The van der Waals surface area contributed by atoms with Crippen molar-refractivity contribution in [2.75, 3.05) is 13.1 Å². The van der Waals surface area contributed by atoms with Crippen molar-refractivity contribution >= 4 is 6.09 Å². The van der Waals surface area contributed by atoms with Crippen LogP contribution in [-0.4, -0.2) is 53.0 Å². The third-order valence-electron chi connectivity index (χ3n) is 4.09. The normalized spacial score (nSPS) is 32.1. The predicted octanol–water partition coefficient (Wildman–Crippen LogP) is 1.89. The summed E-state index contributed by atoms with van der Waals surface area (Å²) in [5, 5.41) is 12.9. The van der Waals surface area contributed by atoms with E-state index in [9.17, 15) is 9.90 Å². The Labute approximate surface area is 121 Å². The van der Waals surface area contributed by atoms with Gasteiger partial charge in [-0.1, -0.05) is 12.8 Å². The van der Waals surface area contributed by atoms with E-state index in [0.717, 1.165) is 38.8 Å². The average molecular weight is 284 g/mol. The molecule has 1 saturated heterocycles. The van der Waals surface area contributed by atoms with Crippen molar-refractivity contribution in [1.82, 2.24) is 10.2 Å². The van der Waals surface area contributed by atoms with Crippen LogP contribution >= 0.6 is 0 Å². The number of aliphatic hydroxyl groups excluding tert-OH is 1. The van der Waals surface area contributed by atoms with Crippen molar-refractivity contribution in [3.8, 4) is 0 Å². The van der Waals surface area contributed by atoms with E-state index in [1.54, 1.807) is 0 Å². The highest BCUT2D eigenvalue weighted by atomic mass is 16.6. The minimum Gasteiger partial charge on any atom is -0.445 e. The molecule has 116 valence electrons. The Kier molecular flexibility index (Phi) is 4.91. The third-order valence-corrected chi connectivity index (χ3v) is 4.09. The fourth-order valence-corrected chi connectivity index (χ4v) is 3.16. The molecule has 2 N–H and O–H groups in total. The lowest BCUT2D eigenvalue weighted by Crippen LogP contribution is -2.45. The van der Waals surface area contributed by atoms with Crippen LogP contribution in [0.4, 0.5) is 4.79 Å². The maximum atomic E-state index is 11.8. The van der Waals surface area contributed by atoms with Crippen molar-refractivity contribution in [3.05, 3.63) is 0 Å². The Hall–Kier alpha value is -0.810. The number of aliphatic hydroxyl groups is 1. The molecule has 20 heavy (non-hydrogen) atoms. The molecular formula is C15H28N2O3. The van der Waals surface area contributed by atoms with E-state index >= 15 is 0 Å². The zero-order chi connectivity index (χ0) is 14.8. The van der Waals surface area contributed by atoms with Crippen LogP contribution in [0.25, 0.3) is 0 Å². The first-order chi connectivity index (χ1) is 9.35. The lowest BCUT2D eigenvalue weighted by molar-refractivity contribution is 0.0228. The molecule has 0 aromatic rings. The zero-order valence-corrected chi connectivity index (χ0v) is 12.9. The number of ether oxygens (including phenoxy) is 1. The summed E-state index contributed by atoms with van der Waals surface area (Å²) in [6, 6.07) is 0.253. The van der Waals surface area contributed by atoms with Gasteiger partial charge in [0.1, 0.15) is 6.10 Å². The van der Waals surface area contributed by atoms with Crippen molar-refractivity contribution in [2.45, 2.75) is 76.7 Å². The SMILES string of the molecule is CC(C)(C)NC(=O)O[C@@H]1CCN([C@@H]2CCCC[C@H]2O)C1. The molecule has 2 rings (SSSR count). The average Bonchev–Trinajstić information content (AvgIpc) is 2.75. The minimum absolute atomic E-state index is 0.0496. The number of likely N-dealkylation sites (tertiary alicyclic amines) is 1. The summed E-state index contributed by atoms with van der Waals surface area (Å²) in [7, 11) is 0. The summed E-state index contributed by atoms with van der Waals surface area (Å²) in [6.07, 6.45) is 4.53. The fourth-order valence-electron chi connectivity index (χ4n) is 3.16. The van der Waals surface area contributed by atoms with E-state index in [4.69, 9.17) is 4.74 Å². The first-order valence-corrected chi connectivity index (χ1v) is 7.76. The Morgan fingerprint density at radius 2 is 1.95 bits per heavy atom. The zero-order valence-electron chi connectivity index (χ0n) is 12.9. The van der Waals surface area contributed by atoms with Crippen LogP contribution in [0.15, 0.2) is 0 Å². The number of amides is 1. The first-order valence-electron chi connectivity index (χ1n) is 7.76. The van der Waals surface area contributed by atoms with Crippen LogP contribution in [0.3, 0.4) is 0 Å². The molecule has 3 atom stereocenters. The number of rotatable bonds is 2. The standard InChI is InChI=1S/C15H28N2O3/c1-15(2,3)16-14(19)20-11-8-9-17(10-11)12-6-4-5-7-13(12)18/h11-13,18H,4-10H2,1-3H3,(H,16,19)/t11-,12-,13-/m1/s1. The molecule has 2 fully saturated rings. The monoisotopic (exact) mass is 284 g/mol. The molecule has 5 heteroatoms. The summed E-state index contributed by atoms with van der Waals surface area (Å²) in [6.45, 7) is 7.48. The van der Waals surface area contributed by atoms with E-state index in [1.165, 1.54) is 6.42 Å². The molecule has 1 aliphatic carbocycles. The largest absolute Gasteiger partial charge is 0.445 e. The lowest BCUT2D eigenvalue weighted by Gasteiger charge is -2.35.